The van der Waals surface area contributed by atoms with E-state index in [1.807, 2.05) is 10.6 Å². The minimum Gasteiger partial charge on any atom is -0.382 e. The number of hydrogen-bond donors (Lipinski definition) is 1. The smallest absolute Gasteiger partial charge is 0.180 e. The lowest BCUT2D eigenvalue weighted by molar-refractivity contribution is -0.133. The van der Waals surface area contributed by atoms with Crippen LogP contribution in [0.3, 0.4) is 0 Å². The molecule has 0 atom stereocenters. The summed E-state index contributed by atoms with van der Waals surface area (Å²) in [5.74, 6) is 1.31. The molecule has 0 amide bonds. The van der Waals surface area contributed by atoms with Gasteiger partial charge in [0.15, 0.2) is 11.5 Å². The maximum Gasteiger partial charge on any atom is 0.180 e. The van der Waals surface area contributed by atoms with Crippen LogP contribution in [-0.4, -0.2) is 38.7 Å². The van der Waals surface area contributed by atoms with Crippen molar-refractivity contribution in [2.24, 2.45) is 0 Å². The van der Waals surface area contributed by atoms with Crippen LogP contribution in [0.15, 0.2) is 18.6 Å². The lowest BCUT2D eigenvalue weighted by Gasteiger charge is -2.47. The van der Waals surface area contributed by atoms with Crippen molar-refractivity contribution < 1.29 is 4.74 Å². The van der Waals surface area contributed by atoms with Gasteiger partial charge in [-0.05, 0) is 27.7 Å². The summed E-state index contributed by atoms with van der Waals surface area (Å²) < 4.78 is 8.02. The van der Waals surface area contributed by atoms with Crippen molar-refractivity contribution in [3.8, 4) is 0 Å². The highest BCUT2D eigenvalue weighted by Crippen LogP contribution is 2.32. The van der Waals surface area contributed by atoms with Gasteiger partial charge in [-0.2, -0.15) is 0 Å². The molecule has 0 aromatic carbocycles. The molecule has 2 N–H and O–H groups in total. The fourth-order valence-electron chi connectivity index (χ4n) is 3.08. The van der Waals surface area contributed by atoms with Crippen LogP contribution in [0.1, 0.15) is 27.7 Å². The van der Waals surface area contributed by atoms with Gasteiger partial charge in [-0.15, -0.1) is 0 Å². The van der Waals surface area contributed by atoms with Crippen LogP contribution >= 0.6 is 0 Å². The third kappa shape index (κ3) is 2.31. The zero-order valence-corrected chi connectivity index (χ0v) is 12.4. The summed E-state index contributed by atoms with van der Waals surface area (Å²) in [6, 6.07) is 0. The van der Waals surface area contributed by atoms with E-state index in [1.54, 1.807) is 12.4 Å². The van der Waals surface area contributed by atoms with Gasteiger partial charge in [-0.1, -0.05) is 0 Å². The predicted molar refractivity (Wildman–Crippen MR) is 78.9 cm³/mol. The molecule has 1 aliphatic rings. The van der Waals surface area contributed by atoms with Crippen LogP contribution < -0.4 is 10.6 Å². The summed E-state index contributed by atoms with van der Waals surface area (Å²) in [5.41, 5.74) is 6.26. The highest BCUT2D eigenvalue weighted by Gasteiger charge is 2.39. The molecule has 1 aliphatic heterocycles. The first-order valence-electron chi connectivity index (χ1n) is 6.80. The Morgan fingerprint density at radius 1 is 1.20 bits per heavy atom. The van der Waals surface area contributed by atoms with Crippen molar-refractivity contribution in [1.82, 2.24) is 14.4 Å². The van der Waals surface area contributed by atoms with E-state index in [0.29, 0.717) is 5.82 Å². The van der Waals surface area contributed by atoms with Gasteiger partial charge in [0.25, 0.3) is 0 Å². The van der Waals surface area contributed by atoms with E-state index in [4.69, 9.17) is 10.5 Å². The van der Waals surface area contributed by atoms with Crippen LogP contribution in [0.25, 0.3) is 5.65 Å². The minimum absolute atomic E-state index is 0.238. The number of imidazole rings is 1. The third-order valence-corrected chi connectivity index (χ3v) is 3.37. The largest absolute Gasteiger partial charge is 0.382 e. The van der Waals surface area contributed by atoms with Gasteiger partial charge in [0, 0.05) is 25.5 Å². The molecule has 0 spiro atoms. The number of hydrogen-bond acceptors (Lipinski definition) is 5. The summed E-state index contributed by atoms with van der Waals surface area (Å²) in [7, 11) is 0. The number of nitrogen functional groups attached to an aromatic ring is 1. The molecule has 20 heavy (non-hydrogen) atoms. The van der Waals surface area contributed by atoms with Gasteiger partial charge in [-0.25, -0.2) is 9.97 Å². The first-order valence-corrected chi connectivity index (χ1v) is 6.80. The van der Waals surface area contributed by atoms with Crippen LogP contribution in [-0.2, 0) is 4.74 Å². The normalized spacial score (nSPS) is 21.3. The quantitative estimate of drug-likeness (QED) is 0.858. The average Bonchev–Trinajstić information content (AvgIpc) is 2.71. The zero-order valence-electron chi connectivity index (χ0n) is 12.4. The second-order valence-electron chi connectivity index (χ2n) is 6.63. The molecule has 0 bridgehead atoms. The molecule has 0 radical (unpaired) electrons. The number of morpholine rings is 1. The molecule has 3 rings (SSSR count). The highest BCUT2D eigenvalue weighted by atomic mass is 16.5. The monoisotopic (exact) mass is 275 g/mol. The standard InChI is InChI=1S/C14H21N5O/c1-13(2)8-19(9-14(3,4)20-13)12-11-16-5-6-18(11)7-10(15)17-12/h5-7H,8-9,15H2,1-4H3. The van der Waals surface area contributed by atoms with Crippen molar-refractivity contribution in [3.05, 3.63) is 18.6 Å². The van der Waals surface area contributed by atoms with Crippen molar-refractivity contribution in [3.63, 3.8) is 0 Å². The maximum atomic E-state index is 6.11. The Hall–Kier alpha value is -1.82. The maximum absolute atomic E-state index is 6.11. The number of fused-ring (bicyclic) bond motifs is 1. The number of nitrogens with two attached hydrogens (primary N) is 1. The fourth-order valence-corrected chi connectivity index (χ4v) is 3.08. The van der Waals surface area contributed by atoms with E-state index < -0.39 is 0 Å². The Morgan fingerprint density at radius 3 is 2.50 bits per heavy atom. The lowest BCUT2D eigenvalue weighted by atomic mass is 9.99. The molecule has 0 saturated carbocycles. The molecule has 2 aromatic rings. The summed E-state index contributed by atoms with van der Waals surface area (Å²) in [6.45, 7) is 9.89. The number of nitrogens with zero attached hydrogens (tertiary/aromatic N) is 4. The van der Waals surface area contributed by atoms with Gasteiger partial charge in [0.1, 0.15) is 5.82 Å². The SMILES string of the molecule is CC1(C)CN(c2nc(N)cn3ccnc23)CC(C)(C)O1. The molecule has 0 unspecified atom stereocenters. The Morgan fingerprint density at radius 2 is 1.85 bits per heavy atom. The molecule has 1 fully saturated rings. The van der Waals surface area contributed by atoms with Gasteiger partial charge < -0.3 is 19.8 Å². The summed E-state index contributed by atoms with van der Waals surface area (Å²) in [5, 5.41) is 0. The first-order chi connectivity index (χ1) is 9.26. The van der Waals surface area contributed by atoms with Gasteiger partial charge in [0.2, 0.25) is 0 Å². The zero-order chi connectivity index (χ0) is 14.5. The summed E-state index contributed by atoms with van der Waals surface area (Å²) >= 11 is 0. The van der Waals surface area contributed by atoms with E-state index in [9.17, 15) is 0 Å². The molecule has 108 valence electrons. The van der Waals surface area contributed by atoms with Crippen molar-refractivity contribution >= 4 is 17.3 Å². The summed E-state index contributed by atoms with van der Waals surface area (Å²) in [6.07, 6.45) is 5.42. The van der Waals surface area contributed by atoms with Gasteiger partial charge >= 0.3 is 0 Å². The van der Waals surface area contributed by atoms with Crippen LogP contribution in [0.4, 0.5) is 11.6 Å². The number of anilines is 2. The van der Waals surface area contributed by atoms with E-state index in [2.05, 4.69) is 42.6 Å². The number of aromatic nitrogens is 3. The lowest BCUT2D eigenvalue weighted by Crippen LogP contribution is -2.57. The number of rotatable bonds is 1. The van der Waals surface area contributed by atoms with E-state index in [1.165, 1.54) is 0 Å². The Kier molecular flexibility index (Phi) is 2.69. The molecule has 6 heteroatoms. The van der Waals surface area contributed by atoms with E-state index >= 15 is 0 Å². The molecule has 2 aromatic heterocycles. The minimum atomic E-state index is -0.238. The topological polar surface area (TPSA) is 68.7 Å². The second kappa shape index (κ2) is 4.09. The molecular formula is C14H21N5O. The van der Waals surface area contributed by atoms with E-state index in [-0.39, 0.29) is 11.2 Å². The van der Waals surface area contributed by atoms with Gasteiger partial charge in [-0.3, -0.25) is 0 Å². The molecule has 6 nitrogen and oxygen atoms in total. The molecule has 3 heterocycles. The molecular weight excluding hydrogens is 254 g/mol. The van der Waals surface area contributed by atoms with Crippen LogP contribution in [0.5, 0.6) is 0 Å². The third-order valence-electron chi connectivity index (χ3n) is 3.37. The van der Waals surface area contributed by atoms with Crippen molar-refractivity contribution in [2.75, 3.05) is 23.7 Å². The van der Waals surface area contributed by atoms with Crippen LogP contribution in [0.2, 0.25) is 0 Å². The number of ether oxygens (including phenoxy) is 1. The van der Waals surface area contributed by atoms with Crippen molar-refractivity contribution in [1.29, 1.82) is 0 Å². The second-order valence-corrected chi connectivity index (χ2v) is 6.63. The Labute approximate surface area is 118 Å². The Bertz CT molecular complexity index is 630. The molecule has 1 saturated heterocycles. The van der Waals surface area contributed by atoms with Gasteiger partial charge in [0.05, 0.1) is 17.4 Å². The fraction of sp³-hybridized carbons (Fsp3) is 0.571. The Balaban J connectivity index is 2.08. The summed E-state index contributed by atoms with van der Waals surface area (Å²) in [4.78, 5) is 11.1. The first kappa shape index (κ1) is 13.2. The average molecular weight is 275 g/mol. The highest BCUT2D eigenvalue weighted by molar-refractivity contribution is 5.66. The van der Waals surface area contributed by atoms with Crippen molar-refractivity contribution in [2.45, 2.75) is 38.9 Å². The van der Waals surface area contributed by atoms with Crippen LogP contribution in [0, 0.1) is 0 Å². The van der Waals surface area contributed by atoms with E-state index in [0.717, 1.165) is 24.6 Å². The predicted octanol–water partition coefficient (Wildman–Crippen LogP) is 1.71. The molecule has 0 aliphatic carbocycles.